The topological polar surface area (TPSA) is 48.5 Å². The molecule has 2 aromatic rings. The third kappa shape index (κ3) is 4.83. The Kier molecular flexibility index (Phi) is 6.55. The number of piperazine rings is 1. The number of amides is 1. The molecule has 5 nitrogen and oxygen atoms in total. The van der Waals surface area contributed by atoms with Gasteiger partial charge in [-0.05, 0) is 55.5 Å². The number of hydrogen-bond donors (Lipinski definition) is 1. The second kappa shape index (κ2) is 9.09. The molecule has 0 saturated carbocycles. The SMILES string of the molecule is Cc1cccc(N2CCN(c3ccnc(C(=O)NCCC(C)C)c3)CC2)c1C. The molecule has 3 rings (SSSR count). The van der Waals surface area contributed by atoms with Crippen LogP contribution in [0.1, 0.15) is 41.9 Å². The minimum atomic E-state index is -0.0866. The first-order valence-corrected chi connectivity index (χ1v) is 10.3. The molecule has 0 unspecified atom stereocenters. The van der Waals surface area contributed by atoms with Crippen LogP contribution in [-0.4, -0.2) is 43.6 Å². The van der Waals surface area contributed by atoms with Gasteiger partial charge >= 0.3 is 0 Å². The minimum Gasteiger partial charge on any atom is -0.368 e. The highest BCUT2D eigenvalue weighted by atomic mass is 16.1. The second-order valence-corrected chi connectivity index (χ2v) is 8.03. The van der Waals surface area contributed by atoms with Crippen molar-refractivity contribution in [3.63, 3.8) is 0 Å². The molecule has 1 aliphatic rings. The van der Waals surface area contributed by atoms with Crippen LogP contribution in [-0.2, 0) is 0 Å². The van der Waals surface area contributed by atoms with Crippen molar-refractivity contribution in [2.24, 2.45) is 5.92 Å². The number of aryl methyl sites for hydroxylation is 1. The minimum absolute atomic E-state index is 0.0866. The molecular formula is C23H32N4O. The van der Waals surface area contributed by atoms with Gasteiger partial charge in [0.1, 0.15) is 5.69 Å². The van der Waals surface area contributed by atoms with E-state index in [1.165, 1.54) is 16.8 Å². The standard InChI is InChI=1S/C23H32N4O/c1-17(2)8-10-25-23(28)21-16-20(9-11-24-21)26-12-14-27(15-13-26)22-7-5-6-18(3)19(22)4/h5-7,9,11,16-17H,8,10,12-15H2,1-4H3,(H,25,28). The molecule has 0 bridgehead atoms. The van der Waals surface area contributed by atoms with Crippen LogP contribution in [0.15, 0.2) is 36.5 Å². The van der Waals surface area contributed by atoms with Crippen molar-refractivity contribution in [3.8, 4) is 0 Å². The Morgan fingerprint density at radius 2 is 1.82 bits per heavy atom. The smallest absolute Gasteiger partial charge is 0.269 e. The summed E-state index contributed by atoms with van der Waals surface area (Å²) in [6, 6.07) is 10.4. The Bertz CT molecular complexity index is 810. The van der Waals surface area contributed by atoms with Crippen LogP contribution >= 0.6 is 0 Å². The second-order valence-electron chi connectivity index (χ2n) is 8.03. The fraction of sp³-hybridized carbons (Fsp3) is 0.478. The lowest BCUT2D eigenvalue weighted by atomic mass is 10.1. The molecule has 1 fully saturated rings. The van der Waals surface area contributed by atoms with E-state index in [9.17, 15) is 4.79 Å². The molecular weight excluding hydrogens is 348 g/mol. The Labute approximate surface area is 168 Å². The number of aromatic nitrogens is 1. The normalized spacial score (nSPS) is 14.5. The van der Waals surface area contributed by atoms with E-state index in [-0.39, 0.29) is 5.91 Å². The lowest BCUT2D eigenvalue weighted by molar-refractivity contribution is 0.0947. The van der Waals surface area contributed by atoms with Gasteiger partial charge in [0, 0.05) is 50.3 Å². The van der Waals surface area contributed by atoms with E-state index < -0.39 is 0 Å². The largest absolute Gasteiger partial charge is 0.368 e. The third-order valence-electron chi connectivity index (χ3n) is 5.54. The summed E-state index contributed by atoms with van der Waals surface area (Å²) in [6.45, 7) is 13.2. The van der Waals surface area contributed by atoms with Gasteiger partial charge in [0.25, 0.3) is 5.91 Å². The Hall–Kier alpha value is -2.56. The van der Waals surface area contributed by atoms with E-state index in [2.05, 4.69) is 66.0 Å². The number of rotatable bonds is 6. The zero-order valence-corrected chi connectivity index (χ0v) is 17.5. The van der Waals surface area contributed by atoms with Crippen molar-refractivity contribution in [1.29, 1.82) is 0 Å². The summed E-state index contributed by atoms with van der Waals surface area (Å²) in [7, 11) is 0. The molecule has 1 aromatic heterocycles. The summed E-state index contributed by atoms with van der Waals surface area (Å²) in [4.78, 5) is 21.4. The Morgan fingerprint density at radius 1 is 1.11 bits per heavy atom. The molecule has 0 atom stereocenters. The zero-order valence-electron chi connectivity index (χ0n) is 17.5. The third-order valence-corrected chi connectivity index (χ3v) is 5.54. The van der Waals surface area contributed by atoms with Crippen LogP contribution in [0.5, 0.6) is 0 Å². The first-order chi connectivity index (χ1) is 13.5. The molecule has 2 heterocycles. The first-order valence-electron chi connectivity index (χ1n) is 10.3. The average molecular weight is 381 g/mol. The Balaban J connectivity index is 1.61. The van der Waals surface area contributed by atoms with Crippen LogP contribution < -0.4 is 15.1 Å². The van der Waals surface area contributed by atoms with Crippen LogP contribution in [0, 0.1) is 19.8 Å². The number of hydrogen-bond acceptors (Lipinski definition) is 4. The van der Waals surface area contributed by atoms with Crippen molar-refractivity contribution in [1.82, 2.24) is 10.3 Å². The van der Waals surface area contributed by atoms with E-state index >= 15 is 0 Å². The maximum absolute atomic E-state index is 12.4. The summed E-state index contributed by atoms with van der Waals surface area (Å²) in [5.74, 6) is 0.490. The molecule has 150 valence electrons. The molecule has 1 aromatic carbocycles. The van der Waals surface area contributed by atoms with Gasteiger partial charge in [0.2, 0.25) is 0 Å². The number of benzene rings is 1. The molecule has 1 saturated heterocycles. The lowest BCUT2D eigenvalue weighted by Gasteiger charge is -2.38. The van der Waals surface area contributed by atoms with Crippen molar-refractivity contribution in [3.05, 3.63) is 53.3 Å². The van der Waals surface area contributed by atoms with Gasteiger partial charge < -0.3 is 15.1 Å². The average Bonchev–Trinajstić information content (AvgIpc) is 2.70. The Morgan fingerprint density at radius 3 is 2.54 bits per heavy atom. The summed E-state index contributed by atoms with van der Waals surface area (Å²) < 4.78 is 0. The van der Waals surface area contributed by atoms with E-state index in [1.54, 1.807) is 6.20 Å². The predicted octanol–water partition coefficient (Wildman–Crippen LogP) is 3.80. The molecule has 1 amide bonds. The molecule has 5 heteroatoms. The van der Waals surface area contributed by atoms with Gasteiger partial charge in [-0.3, -0.25) is 9.78 Å². The summed E-state index contributed by atoms with van der Waals surface area (Å²) >= 11 is 0. The van der Waals surface area contributed by atoms with E-state index in [4.69, 9.17) is 0 Å². The molecule has 0 aliphatic carbocycles. The van der Waals surface area contributed by atoms with Gasteiger partial charge in [-0.25, -0.2) is 0 Å². The lowest BCUT2D eigenvalue weighted by Crippen LogP contribution is -2.46. The highest BCUT2D eigenvalue weighted by molar-refractivity contribution is 5.93. The number of pyridine rings is 1. The molecule has 0 spiro atoms. The fourth-order valence-electron chi connectivity index (χ4n) is 3.59. The van der Waals surface area contributed by atoms with E-state index in [0.29, 0.717) is 18.2 Å². The van der Waals surface area contributed by atoms with Crippen molar-refractivity contribution in [2.75, 3.05) is 42.5 Å². The van der Waals surface area contributed by atoms with Crippen LogP contribution in [0.25, 0.3) is 0 Å². The van der Waals surface area contributed by atoms with Crippen LogP contribution in [0.2, 0.25) is 0 Å². The molecule has 28 heavy (non-hydrogen) atoms. The quantitative estimate of drug-likeness (QED) is 0.828. The summed E-state index contributed by atoms with van der Waals surface area (Å²) in [5, 5.41) is 2.97. The summed E-state index contributed by atoms with van der Waals surface area (Å²) in [5.41, 5.74) is 5.60. The number of carbonyl (C=O) groups is 1. The van der Waals surface area contributed by atoms with Crippen LogP contribution in [0.3, 0.4) is 0 Å². The van der Waals surface area contributed by atoms with Gasteiger partial charge in [-0.15, -0.1) is 0 Å². The van der Waals surface area contributed by atoms with E-state index in [1.807, 2.05) is 12.1 Å². The first kappa shape index (κ1) is 20.2. The fourth-order valence-corrected chi connectivity index (χ4v) is 3.59. The van der Waals surface area contributed by atoms with Gasteiger partial charge in [-0.1, -0.05) is 26.0 Å². The van der Waals surface area contributed by atoms with Crippen molar-refractivity contribution < 1.29 is 4.79 Å². The molecule has 1 aliphatic heterocycles. The number of nitrogens with one attached hydrogen (secondary N) is 1. The number of carbonyl (C=O) groups excluding carboxylic acids is 1. The van der Waals surface area contributed by atoms with Crippen LogP contribution in [0.4, 0.5) is 11.4 Å². The highest BCUT2D eigenvalue weighted by Crippen LogP contribution is 2.25. The highest BCUT2D eigenvalue weighted by Gasteiger charge is 2.20. The maximum atomic E-state index is 12.4. The predicted molar refractivity (Wildman–Crippen MR) is 116 cm³/mol. The van der Waals surface area contributed by atoms with Crippen molar-refractivity contribution in [2.45, 2.75) is 34.1 Å². The number of nitrogens with zero attached hydrogens (tertiary/aromatic N) is 3. The maximum Gasteiger partial charge on any atom is 0.269 e. The summed E-state index contributed by atoms with van der Waals surface area (Å²) in [6.07, 6.45) is 2.72. The van der Waals surface area contributed by atoms with Crippen molar-refractivity contribution >= 4 is 17.3 Å². The monoisotopic (exact) mass is 380 g/mol. The zero-order chi connectivity index (χ0) is 20.1. The van der Waals surface area contributed by atoms with E-state index in [0.717, 1.165) is 38.3 Å². The van der Waals surface area contributed by atoms with Gasteiger partial charge in [0.15, 0.2) is 0 Å². The molecule has 1 N–H and O–H groups in total. The van der Waals surface area contributed by atoms with Gasteiger partial charge in [0.05, 0.1) is 0 Å². The number of anilines is 2. The van der Waals surface area contributed by atoms with Gasteiger partial charge in [-0.2, -0.15) is 0 Å². The molecule has 0 radical (unpaired) electrons.